The maximum absolute atomic E-state index is 12.5. The van der Waals surface area contributed by atoms with Crippen molar-refractivity contribution in [2.75, 3.05) is 32.3 Å². The number of hydrogen-bond acceptors (Lipinski definition) is 6. The molecule has 1 aromatic rings. The fourth-order valence-electron chi connectivity index (χ4n) is 3.61. The summed E-state index contributed by atoms with van der Waals surface area (Å²) >= 11 is 0. The lowest BCUT2D eigenvalue weighted by Crippen LogP contribution is -2.39. The number of benzene rings is 1. The number of nitrogens with zero attached hydrogens (tertiary/aromatic N) is 1. The first-order chi connectivity index (χ1) is 12.8. The summed E-state index contributed by atoms with van der Waals surface area (Å²) in [5.41, 5.74) is 0.851. The number of sulfone groups is 1. The van der Waals surface area contributed by atoms with Crippen molar-refractivity contribution in [3.8, 4) is 11.5 Å². The molecule has 0 aromatic heterocycles. The van der Waals surface area contributed by atoms with Crippen LogP contribution in [0.15, 0.2) is 18.2 Å². The van der Waals surface area contributed by atoms with E-state index in [1.807, 2.05) is 6.07 Å². The average Bonchev–Trinajstić information content (AvgIpc) is 3.21. The number of likely N-dealkylation sites (tertiary alicyclic amines) is 1. The normalized spacial score (nSPS) is 24.1. The summed E-state index contributed by atoms with van der Waals surface area (Å²) in [6, 6.07) is 5.08. The second-order valence-corrected chi connectivity index (χ2v) is 9.14. The minimum atomic E-state index is -3.07. The number of rotatable bonds is 6. The first-order valence-corrected chi connectivity index (χ1v) is 10.6. The van der Waals surface area contributed by atoms with E-state index in [1.165, 1.54) is 0 Å². The summed E-state index contributed by atoms with van der Waals surface area (Å²) in [4.78, 5) is 26.3. The molecule has 0 spiro atoms. The molecule has 27 heavy (non-hydrogen) atoms. The molecule has 2 fully saturated rings. The number of carbonyl (C=O) groups is 2. The highest BCUT2D eigenvalue weighted by atomic mass is 32.2. The Labute approximate surface area is 158 Å². The Balaban J connectivity index is 1.57. The van der Waals surface area contributed by atoms with E-state index >= 15 is 0 Å². The molecule has 2 amide bonds. The maximum atomic E-state index is 12.5. The summed E-state index contributed by atoms with van der Waals surface area (Å²) in [5, 5.41) is 2.85. The summed E-state index contributed by atoms with van der Waals surface area (Å²) in [6.45, 7) is 0.582. The zero-order valence-electron chi connectivity index (χ0n) is 15.4. The minimum Gasteiger partial charge on any atom is -0.493 e. The van der Waals surface area contributed by atoms with Crippen molar-refractivity contribution >= 4 is 21.7 Å². The minimum absolute atomic E-state index is 0.00127. The first-order valence-electron chi connectivity index (χ1n) is 8.81. The molecule has 0 saturated carbocycles. The Kier molecular flexibility index (Phi) is 5.59. The molecule has 0 aliphatic carbocycles. The second-order valence-electron chi connectivity index (χ2n) is 6.91. The topological polar surface area (TPSA) is 102 Å². The molecule has 2 atom stereocenters. The number of carbonyl (C=O) groups excluding carboxylic acids is 2. The van der Waals surface area contributed by atoms with Gasteiger partial charge < -0.3 is 19.7 Å². The molecule has 3 rings (SSSR count). The molecule has 2 aliphatic rings. The third kappa shape index (κ3) is 4.35. The molecule has 9 heteroatoms. The fraction of sp³-hybridized carbons (Fsp3) is 0.556. The number of amides is 2. The van der Waals surface area contributed by atoms with Gasteiger partial charge in [0.1, 0.15) is 0 Å². The van der Waals surface area contributed by atoms with Gasteiger partial charge in [0.2, 0.25) is 11.8 Å². The van der Waals surface area contributed by atoms with Crippen LogP contribution in [0.1, 0.15) is 18.4 Å². The Morgan fingerprint density at radius 1 is 1.26 bits per heavy atom. The summed E-state index contributed by atoms with van der Waals surface area (Å²) < 4.78 is 33.7. The Bertz CT molecular complexity index is 838. The Morgan fingerprint density at radius 3 is 2.63 bits per heavy atom. The van der Waals surface area contributed by atoms with Crippen LogP contribution in [0.2, 0.25) is 0 Å². The highest BCUT2D eigenvalue weighted by Crippen LogP contribution is 2.28. The van der Waals surface area contributed by atoms with Crippen molar-refractivity contribution in [3.63, 3.8) is 0 Å². The van der Waals surface area contributed by atoms with Crippen LogP contribution < -0.4 is 14.8 Å². The van der Waals surface area contributed by atoms with Gasteiger partial charge in [-0.1, -0.05) is 6.07 Å². The molecule has 1 N–H and O–H groups in total. The van der Waals surface area contributed by atoms with Gasteiger partial charge in [-0.05, 0) is 24.1 Å². The van der Waals surface area contributed by atoms with Gasteiger partial charge >= 0.3 is 0 Å². The second kappa shape index (κ2) is 7.75. The SMILES string of the molecule is COc1ccc(CNC(=O)C2CC(=O)N(C3CCS(=O)(=O)C3)C2)cc1OC. The number of ether oxygens (including phenoxy) is 2. The third-order valence-electron chi connectivity index (χ3n) is 5.09. The van der Waals surface area contributed by atoms with Gasteiger partial charge in [0.05, 0.1) is 31.6 Å². The highest BCUT2D eigenvalue weighted by Gasteiger charge is 2.41. The maximum Gasteiger partial charge on any atom is 0.225 e. The number of hydrogen-bond donors (Lipinski definition) is 1. The molecule has 2 saturated heterocycles. The molecule has 0 bridgehead atoms. The van der Waals surface area contributed by atoms with E-state index in [0.717, 1.165) is 5.56 Å². The van der Waals surface area contributed by atoms with E-state index in [2.05, 4.69) is 5.32 Å². The number of methoxy groups -OCH3 is 2. The average molecular weight is 396 g/mol. The van der Waals surface area contributed by atoms with Crippen molar-refractivity contribution in [2.45, 2.75) is 25.4 Å². The summed E-state index contributed by atoms with van der Waals surface area (Å²) in [6.07, 6.45) is 0.572. The van der Waals surface area contributed by atoms with Crippen LogP contribution in [0.3, 0.4) is 0 Å². The largest absolute Gasteiger partial charge is 0.493 e. The molecule has 8 nitrogen and oxygen atoms in total. The zero-order chi connectivity index (χ0) is 19.6. The van der Waals surface area contributed by atoms with Crippen molar-refractivity contribution in [3.05, 3.63) is 23.8 Å². The molecular weight excluding hydrogens is 372 g/mol. The first kappa shape index (κ1) is 19.5. The molecule has 0 radical (unpaired) electrons. The summed E-state index contributed by atoms with van der Waals surface area (Å²) in [5.74, 6) is 0.479. The van der Waals surface area contributed by atoms with Gasteiger partial charge in [-0.2, -0.15) is 0 Å². The van der Waals surface area contributed by atoms with E-state index in [4.69, 9.17) is 9.47 Å². The van der Waals surface area contributed by atoms with Crippen LogP contribution >= 0.6 is 0 Å². The van der Waals surface area contributed by atoms with Gasteiger partial charge in [-0.25, -0.2) is 8.42 Å². The van der Waals surface area contributed by atoms with Gasteiger partial charge in [0.15, 0.2) is 21.3 Å². The van der Waals surface area contributed by atoms with E-state index < -0.39 is 15.8 Å². The Morgan fingerprint density at radius 2 is 2.00 bits per heavy atom. The smallest absolute Gasteiger partial charge is 0.225 e. The van der Waals surface area contributed by atoms with E-state index in [-0.39, 0.29) is 42.3 Å². The summed E-state index contributed by atoms with van der Waals surface area (Å²) in [7, 11) is 0.0279. The molecule has 1 aromatic carbocycles. The van der Waals surface area contributed by atoms with E-state index in [0.29, 0.717) is 24.5 Å². The third-order valence-corrected chi connectivity index (χ3v) is 6.84. The predicted octanol–water partition coefficient (Wildman–Crippen LogP) is 0.356. The lowest BCUT2D eigenvalue weighted by molar-refractivity contribution is -0.130. The van der Waals surface area contributed by atoms with Crippen LogP contribution in [-0.2, 0) is 26.0 Å². The Hall–Kier alpha value is -2.29. The standard InChI is InChI=1S/C18H24N2O6S/c1-25-15-4-3-12(7-16(15)26-2)9-19-18(22)13-8-17(21)20(10-13)14-5-6-27(23,24)11-14/h3-4,7,13-14H,5-6,8-11H2,1-2H3,(H,19,22). The highest BCUT2D eigenvalue weighted by molar-refractivity contribution is 7.91. The van der Waals surface area contributed by atoms with E-state index in [1.54, 1.807) is 31.3 Å². The molecule has 148 valence electrons. The van der Waals surface area contributed by atoms with Gasteiger partial charge in [-0.3, -0.25) is 9.59 Å². The predicted molar refractivity (Wildman–Crippen MR) is 98.3 cm³/mol. The van der Waals surface area contributed by atoms with Crippen molar-refractivity contribution in [1.82, 2.24) is 10.2 Å². The molecule has 2 unspecified atom stereocenters. The van der Waals surface area contributed by atoms with Crippen molar-refractivity contribution < 1.29 is 27.5 Å². The van der Waals surface area contributed by atoms with Crippen LogP contribution in [0.5, 0.6) is 11.5 Å². The molecular formula is C18H24N2O6S. The lowest BCUT2D eigenvalue weighted by atomic mass is 10.1. The van der Waals surface area contributed by atoms with Gasteiger partial charge in [-0.15, -0.1) is 0 Å². The van der Waals surface area contributed by atoms with Crippen LogP contribution in [0.4, 0.5) is 0 Å². The van der Waals surface area contributed by atoms with Crippen LogP contribution in [0, 0.1) is 5.92 Å². The lowest BCUT2D eigenvalue weighted by Gasteiger charge is -2.23. The van der Waals surface area contributed by atoms with Crippen LogP contribution in [0.25, 0.3) is 0 Å². The molecule has 2 heterocycles. The van der Waals surface area contributed by atoms with Crippen LogP contribution in [-0.4, -0.2) is 63.4 Å². The van der Waals surface area contributed by atoms with Gasteiger partial charge in [0.25, 0.3) is 0 Å². The zero-order valence-corrected chi connectivity index (χ0v) is 16.3. The van der Waals surface area contributed by atoms with Crippen molar-refractivity contribution in [2.24, 2.45) is 5.92 Å². The monoisotopic (exact) mass is 396 g/mol. The van der Waals surface area contributed by atoms with Gasteiger partial charge in [0, 0.05) is 25.6 Å². The van der Waals surface area contributed by atoms with Crippen molar-refractivity contribution in [1.29, 1.82) is 0 Å². The molecule has 2 aliphatic heterocycles. The fourth-order valence-corrected chi connectivity index (χ4v) is 5.34. The number of nitrogens with one attached hydrogen (secondary N) is 1. The van der Waals surface area contributed by atoms with E-state index in [9.17, 15) is 18.0 Å². The quantitative estimate of drug-likeness (QED) is 0.745.